The summed E-state index contributed by atoms with van der Waals surface area (Å²) >= 11 is 3.02. The Labute approximate surface area is 252 Å². The number of hydrogen-bond acceptors (Lipinski definition) is 7. The van der Waals surface area contributed by atoms with Crippen molar-refractivity contribution in [2.75, 3.05) is 0 Å². The predicted octanol–water partition coefficient (Wildman–Crippen LogP) is 7.10. The highest BCUT2D eigenvalue weighted by Gasteiger charge is 2.21. The number of carbonyl (C=O) groups is 1. The minimum absolute atomic E-state index is 0.167. The number of carbonyl (C=O) groups excluding carboxylic acids is 1. The molecule has 3 heterocycles. The van der Waals surface area contributed by atoms with Gasteiger partial charge in [-0.2, -0.15) is 0 Å². The van der Waals surface area contributed by atoms with Crippen LogP contribution in [0, 0.1) is 6.92 Å². The molecule has 0 saturated carbocycles. The van der Waals surface area contributed by atoms with Crippen molar-refractivity contribution in [1.29, 1.82) is 0 Å². The molecule has 3 aromatic carbocycles. The maximum Gasteiger partial charge on any atom is 0.271 e. The minimum Gasteiger partial charge on any atom is -0.344 e. The number of nitrogens with one attached hydrogen (secondary N) is 1. The molecule has 0 bridgehead atoms. The molecule has 0 fully saturated rings. The molecule has 0 aliphatic rings. The van der Waals surface area contributed by atoms with Crippen molar-refractivity contribution >= 4 is 29.0 Å². The van der Waals surface area contributed by atoms with Gasteiger partial charge < -0.3 is 5.32 Å². The van der Waals surface area contributed by atoms with E-state index in [0.29, 0.717) is 17.9 Å². The second-order valence-electron chi connectivity index (χ2n) is 9.71. The third-order valence-corrected chi connectivity index (χ3v) is 8.80. The largest absolute Gasteiger partial charge is 0.344 e. The van der Waals surface area contributed by atoms with Crippen LogP contribution in [0.2, 0.25) is 0 Å². The lowest BCUT2D eigenvalue weighted by molar-refractivity contribution is 0.0932. The van der Waals surface area contributed by atoms with E-state index in [1.165, 1.54) is 11.3 Å². The Morgan fingerprint density at radius 1 is 0.905 bits per heavy atom. The zero-order valence-corrected chi connectivity index (χ0v) is 24.6. The van der Waals surface area contributed by atoms with Crippen LogP contribution >= 0.6 is 23.1 Å². The van der Waals surface area contributed by atoms with Crippen LogP contribution in [-0.4, -0.2) is 30.6 Å². The van der Waals surface area contributed by atoms with E-state index in [-0.39, 0.29) is 11.9 Å². The topological polar surface area (TPSA) is 85.6 Å². The van der Waals surface area contributed by atoms with Gasteiger partial charge in [-0.1, -0.05) is 90.6 Å². The summed E-state index contributed by atoms with van der Waals surface area (Å²) in [4.78, 5) is 22.2. The summed E-state index contributed by atoms with van der Waals surface area (Å²) in [6.07, 6.45) is 4.20. The van der Waals surface area contributed by atoms with E-state index in [9.17, 15) is 4.79 Å². The van der Waals surface area contributed by atoms with Crippen LogP contribution < -0.4 is 5.32 Å². The molecule has 0 radical (unpaired) electrons. The van der Waals surface area contributed by atoms with Crippen LogP contribution in [0.15, 0.2) is 120 Å². The number of amides is 1. The Morgan fingerprint density at radius 3 is 2.38 bits per heavy atom. The summed E-state index contributed by atoms with van der Waals surface area (Å²) < 4.78 is 2.07. The number of hydrogen-bond donors (Lipinski definition) is 1. The van der Waals surface area contributed by atoms with Crippen LogP contribution in [0.3, 0.4) is 0 Å². The highest BCUT2D eigenvalue weighted by molar-refractivity contribution is 7.98. The first kappa shape index (κ1) is 27.6. The van der Waals surface area contributed by atoms with Crippen LogP contribution in [-0.2, 0) is 12.2 Å². The molecule has 6 rings (SSSR count). The number of para-hydroxylation sites is 1. The van der Waals surface area contributed by atoms with Crippen molar-refractivity contribution in [2.45, 2.75) is 30.3 Å². The first-order valence-corrected chi connectivity index (χ1v) is 15.4. The number of thiazole rings is 1. The summed E-state index contributed by atoms with van der Waals surface area (Å²) in [6, 6.07) is 32.1. The van der Waals surface area contributed by atoms with Crippen LogP contribution in [0.25, 0.3) is 17.1 Å². The molecule has 6 aromatic rings. The predicted molar refractivity (Wildman–Crippen MR) is 168 cm³/mol. The van der Waals surface area contributed by atoms with E-state index in [2.05, 4.69) is 61.2 Å². The maximum absolute atomic E-state index is 13.3. The van der Waals surface area contributed by atoms with Gasteiger partial charge in [-0.15, -0.1) is 21.5 Å². The van der Waals surface area contributed by atoms with Crippen LogP contribution in [0.1, 0.15) is 38.2 Å². The Balaban J connectivity index is 1.20. The number of aromatic nitrogens is 5. The second-order valence-corrected chi connectivity index (χ2v) is 11.6. The van der Waals surface area contributed by atoms with Gasteiger partial charge in [0.15, 0.2) is 11.0 Å². The second kappa shape index (κ2) is 12.9. The third-order valence-electron chi connectivity index (χ3n) is 6.83. The van der Waals surface area contributed by atoms with Gasteiger partial charge in [0.25, 0.3) is 5.91 Å². The summed E-state index contributed by atoms with van der Waals surface area (Å²) in [5.74, 6) is 1.12. The van der Waals surface area contributed by atoms with E-state index in [1.807, 2.05) is 78.2 Å². The number of thioether (sulfide) groups is 1. The lowest BCUT2D eigenvalue weighted by Gasteiger charge is -2.19. The number of aryl methyl sites for hydroxylation is 1. The maximum atomic E-state index is 13.3. The lowest BCUT2D eigenvalue weighted by atomic mass is 9.99. The molecule has 0 aliphatic heterocycles. The number of benzene rings is 3. The van der Waals surface area contributed by atoms with Crippen molar-refractivity contribution in [3.63, 3.8) is 0 Å². The van der Waals surface area contributed by atoms with Gasteiger partial charge >= 0.3 is 0 Å². The summed E-state index contributed by atoms with van der Waals surface area (Å²) in [6.45, 7) is 2.08. The molecular formula is C33H28N6OS2. The van der Waals surface area contributed by atoms with Gasteiger partial charge in [0.05, 0.1) is 17.5 Å². The van der Waals surface area contributed by atoms with E-state index < -0.39 is 0 Å². The fraction of sp³-hybridized carbons (Fsp3) is 0.121. The zero-order chi connectivity index (χ0) is 28.7. The highest BCUT2D eigenvalue weighted by Crippen LogP contribution is 2.31. The van der Waals surface area contributed by atoms with Gasteiger partial charge in [0, 0.05) is 23.3 Å². The summed E-state index contributed by atoms with van der Waals surface area (Å²) in [5, 5.41) is 15.7. The molecule has 208 valence electrons. The summed E-state index contributed by atoms with van der Waals surface area (Å²) in [5.41, 5.74) is 5.70. The van der Waals surface area contributed by atoms with Crippen LogP contribution in [0.4, 0.5) is 0 Å². The first-order valence-electron chi connectivity index (χ1n) is 13.5. The monoisotopic (exact) mass is 588 g/mol. The number of pyridine rings is 1. The Morgan fingerprint density at radius 2 is 1.62 bits per heavy atom. The van der Waals surface area contributed by atoms with E-state index >= 15 is 0 Å². The quantitative estimate of drug-likeness (QED) is 0.172. The third kappa shape index (κ3) is 6.32. The van der Waals surface area contributed by atoms with Crippen molar-refractivity contribution in [3.05, 3.63) is 142 Å². The molecule has 3 aromatic heterocycles. The molecule has 1 N–H and O–H groups in total. The average molecular weight is 589 g/mol. The molecular weight excluding hydrogens is 561 g/mol. The van der Waals surface area contributed by atoms with Gasteiger partial charge in [0.1, 0.15) is 10.7 Å². The zero-order valence-electron chi connectivity index (χ0n) is 22.9. The van der Waals surface area contributed by atoms with Gasteiger partial charge in [0.2, 0.25) is 0 Å². The smallest absolute Gasteiger partial charge is 0.271 e. The molecule has 0 aliphatic carbocycles. The van der Waals surface area contributed by atoms with E-state index in [4.69, 9.17) is 0 Å². The Hall–Kier alpha value is -4.60. The molecule has 1 amide bonds. The van der Waals surface area contributed by atoms with Crippen molar-refractivity contribution in [2.24, 2.45) is 0 Å². The van der Waals surface area contributed by atoms with Gasteiger partial charge in [-0.25, -0.2) is 4.98 Å². The standard InChI is InChI=1S/C33H28N6OS2/c1-23-10-8-9-15-29(23)39-31(26-16-18-34-19-17-26)37-38-33(39)42-22-30-35-28(21-41-30)32(40)36-27(25-13-6-3-7-14-25)20-24-11-4-2-5-12-24/h2-19,21,27H,20,22H2,1H3,(H,36,40). The fourth-order valence-corrected chi connectivity index (χ4v) is 6.45. The minimum atomic E-state index is -0.185. The van der Waals surface area contributed by atoms with Crippen LogP contribution in [0.5, 0.6) is 0 Å². The molecule has 42 heavy (non-hydrogen) atoms. The fourth-order valence-electron chi connectivity index (χ4n) is 4.71. The van der Waals surface area contributed by atoms with Gasteiger partial charge in [-0.3, -0.25) is 14.3 Å². The Kier molecular flexibility index (Phi) is 8.48. The molecule has 0 saturated heterocycles. The first-order chi connectivity index (χ1) is 20.7. The average Bonchev–Trinajstić information content (AvgIpc) is 3.69. The SMILES string of the molecule is Cc1ccccc1-n1c(SCc2nc(C(=O)NC(Cc3ccccc3)c3ccccc3)cs2)nnc1-c1ccncc1. The molecule has 7 nitrogen and oxygen atoms in total. The molecule has 1 atom stereocenters. The molecule has 9 heteroatoms. The van der Waals surface area contributed by atoms with Gasteiger partial charge in [-0.05, 0) is 48.2 Å². The number of nitrogens with zero attached hydrogens (tertiary/aromatic N) is 5. The molecule has 1 unspecified atom stereocenters. The summed E-state index contributed by atoms with van der Waals surface area (Å²) in [7, 11) is 0. The van der Waals surface area contributed by atoms with Crippen molar-refractivity contribution < 1.29 is 4.79 Å². The van der Waals surface area contributed by atoms with Crippen molar-refractivity contribution in [1.82, 2.24) is 30.0 Å². The Bertz CT molecular complexity index is 1770. The highest BCUT2D eigenvalue weighted by atomic mass is 32.2. The lowest BCUT2D eigenvalue weighted by Crippen LogP contribution is -2.30. The normalized spacial score (nSPS) is 11.7. The number of rotatable bonds is 10. The van der Waals surface area contributed by atoms with E-state index in [1.54, 1.807) is 24.2 Å². The molecule has 0 spiro atoms. The van der Waals surface area contributed by atoms with Crippen molar-refractivity contribution in [3.8, 4) is 17.1 Å². The van der Waals surface area contributed by atoms with E-state index in [0.717, 1.165) is 43.9 Å².